The van der Waals surface area contributed by atoms with Crippen molar-refractivity contribution in [1.82, 2.24) is 0 Å². The fourth-order valence-electron chi connectivity index (χ4n) is 3.61. The van der Waals surface area contributed by atoms with Crippen molar-refractivity contribution in [3.05, 3.63) is 83.9 Å². The van der Waals surface area contributed by atoms with Crippen LogP contribution in [0.4, 0.5) is 0 Å². The monoisotopic (exact) mass is 390 g/mol. The van der Waals surface area contributed by atoms with Crippen molar-refractivity contribution in [3.63, 3.8) is 0 Å². The molecule has 3 nitrogen and oxygen atoms in total. The molecular formula is C26H30O3. The fraction of sp³-hybridized carbons (Fsp3) is 0.385. The number of ether oxygens (including phenoxy) is 3. The lowest BCUT2D eigenvalue weighted by Crippen LogP contribution is -2.33. The molecule has 29 heavy (non-hydrogen) atoms. The Morgan fingerprint density at radius 2 is 1.14 bits per heavy atom. The van der Waals surface area contributed by atoms with Crippen LogP contribution in [0, 0.1) is 0 Å². The number of benzene rings is 2. The molecule has 2 fully saturated rings. The van der Waals surface area contributed by atoms with Gasteiger partial charge in [0, 0.05) is 12.8 Å². The van der Waals surface area contributed by atoms with Crippen LogP contribution in [-0.2, 0) is 27.1 Å². The highest BCUT2D eigenvalue weighted by atomic mass is 16.6. The lowest BCUT2D eigenvalue weighted by atomic mass is 10.00. The van der Waals surface area contributed by atoms with Crippen molar-refractivity contribution in [1.29, 1.82) is 0 Å². The van der Waals surface area contributed by atoms with E-state index in [1.807, 2.05) is 13.8 Å². The van der Waals surface area contributed by atoms with Gasteiger partial charge in [-0.15, -0.1) is 0 Å². The molecule has 2 aliphatic heterocycles. The van der Waals surface area contributed by atoms with Gasteiger partial charge in [-0.2, -0.15) is 0 Å². The van der Waals surface area contributed by atoms with Gasteiger partial charge in [-0.25, -0.2) is 0 Å². The van der Waals surface area contributed by atoms with Crippen LogP contribution >= 0.6 is 0 Å². The van der Waals surface area contributed by atoms with Gasteiger partial charge in [0.2, 0.25) is 0 Å². The van der Waals surface area contributed by atoms with E-state index in [0.29, 0.717) is 0 Å². The van der Waals surface area contributed by atoms with E-state index in [4.69, 9.17) is 14.2 Å². The maximum absolute atomic E-state index is 6.58. The molecule has 2 heterocycles. The maximum Gasteiger partial charge on any atom is 0.107 e. The summed E-state index contributed by atoms with van der Waals surface area (Å²) < 4.78 is 17.8. The smallest absolute Gasteiger partial charge is 0.107 e. The normalized spacial score (nSPS) is 22.0. The Kier molecular flexibility index (Phi) is 6.00. The van der Waals surface area contributed by atoms with Crippen molar-refractivity contribution in [2.75, 3.05) is 13.2 Å². The molecule has 0 amide bonds. The molecule has 3 heteroatoms. The van der Waals surface area contributed by atoms with Crippen LogP contribution in [-0.4, -0.2) is 37.6 Å². The van der Waals surface area contributed by atoms with Crippen LogP contribution in [0.5, 0.6) is 0 Å². The Hall–Kier alpha value is -2.20. The lowest BCUT2D eigenvalue weighted by Gasteiger charge is -2.23. The number of hydrogen-bond donors (Lipinski definition) is 0. The predicted octanol–water partition coefficient (Wildman–Crippen LogP) is 5.09. The van der Waals surface area contributed by atoms with Gasteiger partial charge in [-0.1, -0.05) is 72.8 Å². The molecule has 0 bridgehead atoms. The highest BCUT2D eigenvalue weighted by Gasteiger charge is 2.40. The largest absolute Gasteiger partial charge is 0.370 e. The third-order valence-corrected chi connectivity index (χ3v) is 5.66. The summed E-state index contributed by atoms with van der Waals surface area (Å²) in [6.45, 7) is 13.6. The van der Waals surface area contributed by atoms with Gasteiger partial charge < -0.3 is 14.2 Å². The Morgan fingerprint density at radius 1 is 0.793 bits per heavy atom. The molecule has 2 aromatic carbocycles. The van der Waals surface area contributed by atoms with Crippen molar-refractivity contribution in [3.8, 4) is 0 Å². The minimum Gasteiger partial charge on any atom is -0.370 e. The Morgan fingerprint density at radius 3 is 1.41 bits per heavy atom. The van der Waals surface area contributed by atoms with Crippen LogP contribution in [0.15, 0.2) is 61.7 Å². The van der Waals surface area contributed by atoms with Crippen molar-refractivity contribution in [2.45, 2.75) is 51.1 Å². The molecule has 0 radical (unpaired) electrons. The van der Waals surface area contributed by atoms with Gasteiger partial charge in [0.1, 0.15) is 12.2 Å². The van der Waals surface area contributed by atoms with Crippen LogP contribution in [0.3, 0.4) is 0 Å². The molecule has 0 aromatic heterocycles. The second kappa shape index (κ2) is 8.66. The average molecular weight is 391 g/mol. The van der Waals surface area contributed by atoms with E-state index >= 15 is 0 Å². The summed E-state index contributed by atoms with van der Waals surface area (Å²) in [5.74, 6) is 0. The van der Waals surface area contributed by atoms with E-state index in [2.05, 4.69) is 61.7 Å². The molecule has 2 saturated heterocycles. The minimum atomic E-state index is 0.0505. The summed E-state index contributed by atoms with van der Waals surface area (Å²) in [7, 11) is 0. The number of allylic oxidation sites excluding steroid dienone is 2. The van der Waals surface area contributed by atoms with Crippen LogP contribution in [0.25, 0.3) is 11.1 Å². The molecule has 4 unspecified atom stereocenters. The van der Waals surface area contributed by atoms with Gasteiger partial charge in [-0.05, 0) is 36.1 Å². The second-order valence-corrected chi connectivity index (χ2v) is 8.32. The number of epoxide rings is 2. The van der Waals surface area contributed by atoms with Crippen molar-refractivity contribution >= 4 is 11.1 Å². The Labute approximate surface area is 174 Å². The summed E-state index contributed by atoms with van der Waals surface area (Å²) in [6, 6.07) is 17.2. The van der Waals surface area contributed by atoms with Gasteiger partial charge in [0.15, 0.2) is 0 Å². The van der Waals surface area contributed by atoms with Gasteiger partial charge in [0.25, 0.3) is 0 Å². The highest BCUT2D eigenvalue weighted by Crippen LogP contribution is 2.28. The highest BCUT2D eigenvalue weighted by molar-refractivity contribution is 5.62. The fourth-order valence-corrected chi connectivity index (χ4v) is 3.61. The molecule has 0 aliphatic carbocycles. The molecule has 2 aromatic rings. The zero-order chi connectivity index (χ0) is 20.4. The molecule has 4 rings (SSSR count). The summed E-state index contributed by atoms with van der Waals surface area (Å²) >= 11 is 0. The molecule has 0 saturated carbocycles. The third kappa shape index (κ3) is 5.45. The summed E-state index contributed by atoms with van der Waals surface area (Å²) in [6.07, 6.45) is 2.16. The zero-order valence-corrected chi connectivity index (χ0v) is 17.4. The third-order valence-electron chi connectivity index (χ3n) is 5.66. The molecule has 152 valence electrons. The second-order valence-electron chi connectivity index (χ2n) is 8.32. The Balaban J connectivity index is 1.42. The first kappa shape index (κ1) is 20.1. The average Bonchev–Trinajstić information content (AvgIpc) is 3.61. The first-order chi connectivity index (χ1) is 14.0. The van der Waals surface area contributed by atoms with Gasteiger partial charge >= 0.3 is 0 Å². The van der Waals surface area contributed by atoms with E-state index in [9.17, 15) is 0 Å². The SMILES string of the molecule is C=C(C)c1ccc(CC(OC(Cc2ccc(C(=C)C)cc2)C2CO2)C2CO2)cc1. The van der Waals surface area contributed by atoms with Crippen LogP contribution in [0.1, 0.15) is 36.1 Å². The molecule has 4 atom stereocenters. The molecular weight excluding hydrogens is 360 g/mol. The van der Waals surface area contributed by atoms with Crippen LogP contribution < -0.4 is 0 Å². The maximum atomic E-state index is 6.58. The first-order valence-electron chi connectivity index (χ1n) is 10.4. The van der Waals surface area contributed by atoms with Crippen LogP contribution in [0.2, 0.25) is 0 Å². The predicted molar refractivity (Wildman–Crippen MR) is 118 cm³/mol. The van der Waals surface area contributed by atoms with E-state index in [-0.39, 0.29) is 24.4 Å². The first-order valence-corrected chi connectivity index (χ1v) is 10.4. The lowest BCUT2D eigenvalue weighted by molar-refractivity contribution is -0.0369. The number of hydrogen-bond acceptors (Lipinski definition) is 3. The molecule has 0 spiro atoms. The summed E-state index contributed by atoms with van der Waals surface area (Å²) in [5.41, 5.74) is 7.04. The Bertz CT molecular complexity index is 784. The number of rotatable bonds is 10. The van der Waals surface area contributed by atoms with Gasteiger partial charge in [-0.3, -0.25) is 0 Å². The zero-order valence-electron chi connectivity index (χ0n) is 17.4. The van der Waals surface area contributed by atoms with E-state index in [0.717, 1.165) is 37.2 Å². The molecule has 0 N–H and O–H groups in total. The molecule has 2 aliphatic rings. The summed E-state index contributed by atoms with van der Waals surface area (Å²) in [4.78, 5) is 0. The van der Waals surface area contributed by atoms with Crippen molar-refractivity contribution in [2.24, 2.45) is 0 Å². The van der Waals surface area contributed by atoms with E-state index in [1.165, 1.54) is 22.3 Å². The van der Waals surface area contributed by atoms with E-state index < -0.39 is 0 Å². The standard InChI is InChI=1S/C26H30O3/c1-17(2)21-9-5-19(6-10-21)13-23(25-15-27-25)29-24(26-16-28-26)14-20-7-11-22(12-8-20)18(3)4/h5-12,23-26H,1,3,13-16H2,2,4H3. The van der Waals surface area contributed by atoms with E-state index in [1.54, 1.807) is 0 Å². The minimum absolute atomic E-state index is 0.0505. The van der Waals surface area contributed by atoms with Crippen molar-refractivity contribution < 1.29 is 14.2 Å². The quantitative estimate of drug-likeness (QED) is 0.530. The topological polar surface area (TPSA) is 34.3 Å². The van der Waals surface area contributed by atoms with Gasteiger partial charge in [0.05, 0.1) is 25.4 Å². The summed E-state index contributed by atoms with van der Waals surface area (Å²) in [5, 5.41) is 0.